The van der Waals surface area contributed by atoms with Crippen molar-refractivity contribution >= 4 is 16.7 Å². The summed E-state index contributed by atoms with van der Waals surface area (Å²) in [6, 6.07) is 34.3. The van der Waals surface area contributed by atoms with Gasteiger partial charge in [-0.15, -0.1) is 0 Å². The Hall–Kier alpha value is -3.59. The molecule has 3 heteroatoms. The molecular weight excluding hydrogens is 384 g/mol. The zero-order valence-electron chi connectivity index (χ0n) is 17.1. The highest BCUT2D eigenvalue weighted by Gasteiger charge is 2.55. The molecule has 1 aliphatic carbocycles. The third-order valence-corrected chi connectivity index (χ3v) is 6.51. The molecular formula is C28H24O3. The van der Waals surface area contributed by atoms with E-state index < -0.39 is 11.9 Å². The van der Waals surface area contributed by atoms with Crippen molar-refractivity contribution in [2.24, 2.45) is 11.8 Å². The SMILES string of the molecule is O=C(O)C1[C@H](c2ccccc2)C(COc2ccc3ccccc3c2)[C@H]1c1ccccc1. The van der Waals surface area contributed by atoms with E-state index in [-0.39, 0.29) is 17.8 Å². The Morgan fingerprint density at radius 1 is 0.710 bits per heavy atom. The summed E-state index contributed by atoms with van der Waals surface area (Å²) in [5.41, 5.74) is 2.13. The van der Waals surface area contributed by atoms with Gasteiger partial charge < -0.3 is 9.84 Å². The van der Waals surface area contributed by atoms with Crippen molar-refractivity contribution in [1.29, 1.82) is 0 Å². The van der Waals surface area contributed by atoms with E-state index in [9.17, 15) is 9.90 Å². The Morgan fingerprint density at radius 3 is 1.84 bits per heavy atom. The summed E-state index contributed by atoms with van der Waals surface area (Å²) in [4.78, 5) is 12.3. The molecule has 1 fully saturated rings. The lowest BCUT2D eigenvalue weighted by Crippen LogP contribution is -2.49. The monoisotopic (exact) mass is 408 g/mol. The van der Waals surface area contributed by atoms with Gasteiger partial charge in [0.25, 0.3) is 0 Å². The van der Waals surface area contributed by atoms with Crippen LogP contribution in [0, 0.1) is 11.8 Å². The van der Waals surface area contributed by atoms with Crippen LogP contribution in [0.2, 0.25) is 0 Å². The minimum absolute atomic E-state index is 0.0793. The summed E-state index contributed by atoms with van der Waals surface area (Å²) in [5, 5.41) is 12.4. The topological polar surface area (TPSA) is 46.5 Å². The summed E-state index contributed by atoms with van der Waals surface area (Å²) in [7, 11) is 0. The molecule has 4 aromatic rings. The van der Waals surface area contributed by atoms with Crippen LogP contribution in [-0.4, -0.2) is 17.7 Å². The van der Waals surface area contributed by atoms with Gasteiger partial charge >= 0.3 is 5.97 Å². The largest absolute Gasteiger partial charge is 0.493 e. The van der Waals surface area contributed by atoms with Crippen LogP contribution >= 0.6 is 0 Å². The van der Waals surface area contributed by atoms with Crippen molar-refractivity contribution in [1.82, 2.24) is 0 Å². The number of carbonyl (C=O) groups is 1. The number of hydrogen-bond acceptors (Lipinski definition) is 2. The summed E-state index contributed by atoms with van der Waals surface area (Å²) in [6.45, 7) is 0.473. The van der Waals surface area contributed by atoms with Gasteiger partial charge in [-0.2, -0.15) is 0 Å². The molecule has 31 heavy (non-hydrogen) atoms. The van der Waals surface area contributed by atoms with E-state index in [0.717, 1.165) is 22.3 Å². The second kappa shape index (κ2) is 8.27. The lowest BCUT2D eigenvalue weighted by molar-refractivity contribution is -0.150. The van der Waals surface area contributed by atoms with Crippen molar-refractivity contribution in [2.75, 3.05) is 6.61 Å². The Morgan fingerprint density at radius 2 is 1.26 bits per heavy atom. The van der Waals surface area contributed by atoms with Crippen LogP contribution in [0.25, 0.3) is 10.8 Å². The number of rotatable bonds is 6. The number of benzene rings is 4. The molecule has 0 unspecified atom stereocenters. The third-order valence-electron chi connectivity index (χ3n) is 6.51. The highest BCUT2D eigenvalue weighted by Crippen LogP contribution is 2.57. The summed E-state index contributed by atoms with van der Waals surface area (Å²) < 4.78 is 6.26. The smallest absolute Gasteiger partial charge is 0.307 e. The highest BCUT2D eigenvalue weighted by molar-refractivity contribution is 5.83. The molecule has 4 aromatic carbocycles. The quantitative estimate of drug-likeness (QED) is 0.418. The van der Waals surface area contributed by atoms with E-state index in [1.54, 1.807) is 0 Å². The molecule has 0 bridgehead atoms. The molecule has 0 aliphatic heterocycles. The maximum Gasteiger partial charge on any atom is 0.307 e. The van der Waals surface area contributed by atoms with E-state index >= 15 is 0 Å². The molecule has 1 aliphatic rings. The number of hydrogen-bond donors (Lipinski definition) is 1. The van der Waals surface area contributed by atoms with Crippen LogP contribution in [0.1, 0.15) is 23.0 Å². The van der Waals surface area contributed by atoms with Crippen molar-refractivity contribution in [2.45, 2.75) is 11.8 Å². The van der Waals surface area contributed by atoms with Gasteiger partial charge in [-0.05, 0) is 34.0 Å². The third kappa shape index (κ3) is 3.68. The molecule has 0 heterocycles. The fourth-order valence-corrected chi connectivity index (χ4v) is 5.06. The normalized spacial score (nSPS) is 22.6. The first kappa shape index (κ1) is 19.4. The Kier molecular flexibility index (Phi) is 5.17. The van der Waals surface area contributed by atoms with Crippen LogP contribution < -0.4 is 4.74 Å². The van der Waals surface area contributed by atoms with E-state index in [2.05, 4.69) is 24.3 Å². The summed E-state index contributed by atoms with van der Waals surface area (Å²) >= 11 is 0. The molecule has 1 saturated carbocycles. The van der Waals surface area contributed by atoms with Crippen molar-refractivity contribution in [3.05, 3.63) is 114 Å². The van der Waals surface area contributed by atoms with Gasteiger partial charge in [0.2, 0.25) is 0 Å². The first-order chi connectivity index (χ1) is 15.2. The van der Waals surface area contributed by atoms with E-state index in [0.29, 0.717) is 6.61 Å². The molecule has 0 spiro atoms. The van der Waals surface area contributed by atoms with Gasteiger partial charge in [-0.3, -0.25) is 4.79 Å². The number of ether oxygens (including phenoxy) is 1. The molecule has 0 radical (unpaired) electrons. The zero-order chi connectivity index (χ0) is 21.2. The molecule has 0 aromatic heterocycles. The lowest BCUT2D eigenvalue weighted by atomic mass is 9.53. The van der Waals surface area contributed by atoms with Gasteiger partial charge in [0, 0.05) is 17.8 Å². The zero-order valence-corrected chi connectivity index (χ0v) is 17.1. The molecule has 1 N–H and O–H groups in total. The van der Waals surface area contributed by atoms with Crippen LogP contribution in [0.4, 0.5) is 0 Å². The molecule has 3 nitrogen and oxygen atoms in total. The minimum atomic E-state index is -0.746. The molecule has 2 atom stereocenters. The molecule has 0 amide bonds. The fourth-order valence-electron chi connectivity index (χ4n) is 5.06. The predicted octanol–water partition coefficient (Wildman–Crippen LogP) is 6.12. The first-order valence-electron chi connectivity index (χ1n) is 10.7. The van der Waals surface area contributed by atoms with Crippen molar-refractivity contribution < 1.29 is 14.6 Å². The van der Waals surface area contributed by atoms with Crippen LogP contribution in [0.15, 0.2) is 103 Å². The maximum absolute atomic E-state index is 12.3. The van der Waals surface area contributed by atoms with Gasteiger partial charge in [-0.25, -0.2) is 0 Å². The summed E-state index contributed by atoms with van der Waals surface area (Å²) in [5.74, 6) is -0.471. The number of aliphatic carboxylic acids is 1. The Bertz CT molecular complexity index is 1140. The minimum Gasteiger partial charge on any atom is -0.493 e. The van der Waals surface area contributed by atoms with Crippen LogP contribution in [-0.2, 0) is 4.79 Å². The number of carboxylic acids is 1. The number of carboxylic acid groups (broad SMARTS) is 1. The fraction of sp³-hybridized carbons (Fsp3) is 0.179. The first-order valence-corrected chi connectivity index (χ1v) is 10.7. The molecule has 154 valence electrons. The molecule has 5 rings (SSSR count). The van der Waals surface area contributed by atoms with Gasteiger partial charge in [0.1, 0.15) is 5.75 Å². The van der Waals surface area contributed by atoms with Crippen molar-refractivity contribution in [3.63, 3.8) is 0 Å². The van der Waals surface area contributed by atoms with Gasteiger partial charge in [0.05, 0.1) is 12.5 Å². The average Bonchev–Trinajstić information content (AvgIpc) is 2.79. The maximum atomic E-state index is 12.3. The van der Waals surface area contributed by atoms with Crippen molar-refractivity contribution in [3.8, 4) is 5.75 Å². The Balaban J connectivity index is 1.46. The second-order valence-electron chi connectivity index (χ2n) is 8.22. The van der Waals surface area contributed by atoms with Gasteiger partial charge in [0.15, 0.2) is 0 Å². The standard InChI is InChI=1S/C28H24O3/c29-28(30)27-25(20-10-3-1-4-11-20)24(26(27)21-12-5-2-6-13-21)18-31-23-16-15-19-9-7-8-14-22(19)17-23/h1-17,24-27H,18H2,(H,29,30)/t24?,25-,26-,27?/m1/s1. The number of fused-ring (bicyclic) bond motifs is 1. The lowest BCUT2D eigenvalue weighted by Gasteiger charge is -2.50. The van der Waals surface area contributed by atoms with Crippen LogP contribution in [0.5, 0.6) is 5.75 Å². The van der Waals surface area contributed by atoms with E-state index in [1.807, 2.05) is 78.9 Å². The summed E-state index contributed by atoms with van der Waals surface area (Å²) in [6.07, 6.45) is 0. The second-order valence-corrected chi connectivity index (χ2v) is 8.22. The predicted molar refractivity (Wildman–Crippen MR) is 122 cm³/mol. The van der Waals surface area contributed by atoms with E-state index in [4.69, 9.17) is 4.74 Å². The van der Waals surface area contributed by atoms with Gasteiger partial charge in [-0.1, -0.05) is 91.0 Å². The highest BCUT2D eigenvalue weighted by atomic mass is 16.5. The van der Waals surface area contributed by atoms with Crippen LogP contribution in [0.3, 0.4) is 0 Å². The Labute approximate surface area is 181 Å². The average molecular weight is 408 g/mol. The van der Waals surface area contributed by atoms with E-state index in [1.165, 1.54) is 5.39 Å². The molecule has 0 saturated heterocycles.